The number of urea groups is 1. The van der Waals surface area contributed by atoms with Gasteiger partial charge in [0, 0.05) is 18.1 Å². The van der Waals surface area contributed by atoms with Gasteiger partial charge in [0.2, 0.25) is 5.91 Å². The van der Waals surface area contributed by atoms with Gasteiger partial charge in [0.15, 0.2) is 5.16 Å². The standard InChI is InChI=1S/C17H19N5O3S/c1-3-17(2)14(24)22(15(25)19-17)20-13(23)11-26-16-18-9-10-21(16)12-7-5-4-6-8-12/h4-10H,3,11H2,1-2H3,(H,19,25)(H,20,23)/t17-/m1/s1. The number of thioether (sulfide) groups is 1. The van der Waals surface area contributed by atoms with Crippen molar-refractivity contribution in [3.63, 3.8) is 0 Å². The molecule has 2 aromatic rings. The maximum absolute atomic E-state index is 12.3. The van der Waals surface area contributed by atoms with Gasteiger partial charge in [-0.2, -0.15) is 5.01 Å². The highest BCUT2D eigenvalue weighted by atomic mass is 32.2. The molecule has 1 aromatic heterocycles. The smallest absolute Gasteiger partial charge is 0.322 e. The highest BCUT2D eigenvalue weighted by Gasteiger charge is 2.47. The molecular formula is C17H19N5O3S. The average molecular weight is 373 g/mol. The molecule has 0 saturated carbocycles. The van der Waals surface area contributed by atoms with E-state index in [9.17, 15) is 14.4 Å². The Morgan fingerprint density at radius 3 is 2.69 bits per heavy atom. The molecular weight excluding hydrogens is 354 g/mol. The van der Waals surface area contributed by atoms with E-state index in [1.807, 2.05) is 34.9 Å². The van der Waals surface area contributed by atoms with Crippen molar-refractivity contribution >= 4 is 29.6 Å². The van der Waals surface area contributed by atoms with E-state index in [0.717, 1.165) is 10.7 Å². The number of imide groups is 1. The number of nitrogens with zero attached hydrogens (tertiary/aromatic N) is 3. The molecule has 1 aliphatic rings. The summed E-state index contributed by atoms with van der Waals surface area (Å²) in [5.74, 6) is -0.903. The molecule has 8 nitrogen and oxygen atoms in total. The summed E-state index contributed by atoms with van der Waals surface area (Å²) in [7, 11) is 0. The molecule has 0 bridgehead atoms. The predicted molar refractivity (Wildman–Crippen MR) is 96.5 cm³/mol. The van der Waals surface area contributed by atoms with Crippen molar-refractivity contribution < 1.29 is 14.4 Å². The topological polar surface area (TPSA) is 96.3 Å². The first kappa shape index (κ1) is 18.0. The second-order valence-corrected chi connectivity index (χ2v) is 6.94. The summed E-state index contributed by atoms with van der Waals surface area (Å²) in [6, 6.07) is 9.00. The van der Waals surface area contributed by atoms with Crippen LogP contribution < -0.4 is 10.7 Å². The fourth-order valence-corrected chi connectivity index (χ4v) is 3.26. The lowest BCUT2D eigenvalue weighted by Gasteiger charge is -2.19. The Hall–Kier alpha value is -2.81. The predicted octanol–water partition coefficient (Wildman–Crippen LogP) is 1.72. The molecule has 2 heterocycles. The van der Waals surface area contributed by atoms with E-state index in [1.165, 1.54) is 11.8 Å². The Morgan fingerprint density at radius 2 is 2.04 bits per heavy atom. The van der Waals surface area contributed by atoms with E-state index in [1.54, 1.807) is 26.2 Å². The van der Waals surface area contributed by atoms with Gasteiger partial charge in [-0.25, -0.2) is 9.78 Å². The average Bonchev–Trinajstić information content (AvgIpc) is 3.20. The van der Waals surface area contributed by atoms with Crippen LogP contribution in [0.25, 0.3) is 5.69 Å². The number of hydrogen-bond acceptors (Lipinski definition) is 5. The third kappa shape index (κ3) is 3.43. The van der Waals surface area contributed by atoms with Gasteiger partial charge >= 0.3 is 6.03 Å². The number of rotatable bonds is 6. The van der Waals surface area contributed by atoms with Crippen LogP contribution in [0.5, 0.6) is 0 Å². The first-order valence-electron chi connectivity index (χ1n) is 8.12. The van der Waals surface area contributed by atoms with Crippen LogP contribution in [0, 0.1) is 0 Å². The van der Waals surface area contributed by atoms with Crippen molar-refractivity contribution in [3.05, 3.63) is 42.7 Å². The van der Waals surface area contributed by atoms with Crippen LogP contribution in [0.15, 0.2) is 47.9 Å². The number of carbonyl (C=O) groups excluding carboxylic acids is 3. The van der Waals surface area contributed by atoms with Crippen molar-refractivity contribution in [2.24, 2.45) is 0 Å². The minimum atomic E-state index is -0.985. The zero-order chi connectivity index (χ0) is 18.7. The second kappa shape index (κ2) is 7.20. The minimum absolute atomic E-state index is 0.0176. The van der Waals surface area contributed by atoms with Crippen LogP contribution in [-0.2, 0) is 9.59 Å². The summed E-state index contributed by atoms with van der Waals surface area (Å²) in [6.45, 7) is 3.42. The fourth-order valence-electron chi connectivity index (χ4n) is 2.49. The lowest BCUT2D eigenvalue weighted by molar-refractivity contribution is -0.137. The van der Waals surface area contributed by atoms with Crippen LogP contribution >= 0.6 is 11.8 Å². The van der Waals surface area contributed by atoms with Gasteiger partial charge in [-0.15, -0.1) is 0 Å². The van der Waals surface area contributed by atoms with Crippen molar-refractivity contribution in [3.8, 4) is 5.69 Å². The van der Waals surface area contributed by atoms with Gasteiger partial charge in [0.1, 0.15) is 5.54 Å². The van der Waals surface area contributed by atoms with E-state index in [4.69, 9.17) is 0 Å². The first-order valence-corrected chi connectivity index (χ1v) is 9.11. The number of amides is 4. The molecule has 1 fully saturated rings. The molecule has 0 radical (unpaired) electrons. The fraction of sp³-hybridized carbons (Fsp3) is 0.294. The normalized spacial score (nSPS) is 19.5. The molecule has 26 heavy (non-hydrogen) atoms. The second-order valence-electron chi connectivity index (χ2n) is 6.00. The maximum atomic E-state index is 12.3. The van der Waals surface area contributed by atoms with Crippen LogP contribution in [0.4, 0.5) is 4.79 Å². The number of hydrazine groups is 1. The molecule has 136 valence electrons. The van der Waals surface area contributed by atoms with E-state index in [0.29, 0.717) is 11.6 Å². The van der Waals surface area contributed by atoms with Crippen molar-refractivity contribution in [1.29, 1.82) is 0 Å². The molecule has 1 atom stereocenters. The minimum Gasteiger partial charge on any atom is -0.322 e. The molecule has 4 amide bonds. The molecule has 1 aliphatic heterocycles. The van der Waals surface area contributed by atoms with E-state index >= 15 is 0 Å². The summed E-state index contributed by atoms with van der Waals surface area (Å²) in [6.07, 6.45) is 3.89. The van der Waals surface area contributed by atoms with E-state index in [-0.39, 0.29) is 5.75 Å². The molecule has 3 rings (SSSR count). The van der Waals surface area contributed by atoms with Gasteiger partial charge in [-0.3, -0.25) is 19.6 Å². The van der Waals surface area contributed by atoms with Crippen LogP contribution in [-0.4, -0.2) is 43.7 Å². The Bertz CT molecular complexity index is 838. The number of para-hydroxylation sites is 1. The van der Waals surface area contributed by atoms with Gasteiger partial charge in [-0.05, 0) is 25.5 Å². The summed E-state index contributed by atoms with van der Waals surface area (Å²) in [5.41, 5.74) is 2.31. The van der Waals surface area contributed by atoms with Crippen molar-refractivity contribution in [1.82, 2.24) is 25.3 Å². The summed E-state index contributed by atoms with van der Waals surface area (Å²) >= 11 is 1.22. The third-order valence-corrected chi connectivity index (χ3v) is 5.14. The van der Waals surface area contributed by atoms with Crippen LogP contribution in [0.3, 0.4) is 0 Å². The summed E-state index contributed by atoms with van der Waals surface area (Å²) < 4.78 is 1.86. The van der Waals surface area contributed by atoms with Crippen LogP contribution in [0.2, 0.25) is 0 Å². The molecule has 1 aromatic carbocycles. The SMILES string of the molecule is CC[C@@]1(C)NC(=O)N(NC(=O)CSc2nccn2-c2ccccc2)C1=O. The molecule has 2 N–H and O–H groups in total. The maximum Gasteiger partial charge on any atom is 0.344 e. The zero-order valence-corrected chi connectivity index (χ0v) is 15.2. The summed E-state index contributed by atoms with van der Waals surface area (Å²) in [5, 5.41) is 3.97. The third-order valence-electron chi connectivity index (χ3n) is 4.18. The van der Waals surface area contributed by atoms with E-state index in [2.05, 4.69) is 15.7 Å². The number of hydrogen-bond donors (Lipinski definition) is 2. The van der Waals surface area contributed by atoms with E-state index < -0.39 is 23.4 Å². The lowest BCUT2D eigenvalue weighted by atomic mass is 10.00. The van der Waals surface area contributed by atoms with Crippen molar-refractivity contribution in [2.45, 2.75) is 31.0 Å². The Morgan fingerprint density at radius 1 is 1.31 bits per heavy atom. The van der Waals surface area contributed by atoms with Gasteiger partial charge in [0.25, 0.3) is 5.91 Å². The Labute approximate surface area is 154 Å². The Kier molecular flexibility index (Phi) is 4.99. The van der Waals surface area contributed by atoms with Crippen molar-refractivity contribution in [2.75, 3.05) is 5.75 Å². The monoisotopic (exact) mass is 373 g/mol. The number of benzene rings is 1. The lowest BCUT2D eigenvalue weighted by Crippen LogP contribution is -2.49. The molecule has 0 spiro atoms. The number of carbonyl (C=O) groups is 3. The van der Waals surface area contributed by atoms with Gasteiger partial charge in [-0.1, -0.05) is 36.9 Å². The highest BCUT2D eigenvalue weighted by Crippen LogP contribution is 2.21. The van der Waals surface area contributed by atoms with Gasteiger partial charge < -0.3 is 5.32 Å². The number of imidazole rings is 1. The molecule has 0 unspecified atom stereocenters. The first-order chi connectivity index (χ1) is 12.4. The highest BCUT2D eigenvalue weighted by molar-refractivity contribution is 7.99. The largest absolute Gasteiger partial charge is 0.344 e. The molecule has 1 saturated heterocycles. The van der Waals surface area contributed by atoms with Gasteiger partial charge in [0.05, 0.1) is 5.75 Å². The number of nitrogens with one attached hydrogen (secondary N) is 2. The zero-order valence-electron chi connectivity index (χ0n) is 14.4. The molecule has 9 heteroatoms. The van der Waals surface area contributed by atoms with Crippen LogP contribution in [0.1, 0.15) is 20.3 Å². The number of aromatic nitrogens is 2. The molecule has 0 aliphatic carbocycles. The Balaban J connectivity index is 1.62. The quantitative estimate of drug-likeness (QED) is 0.594. The summed E-state index contributed by atoms with van der Waals surface area (Å²) in [4.78, 5) is 40.6.